The average molecular weight is 436 g/mol. The smallest absolute Gasteiger partial charge is 0.407 e. The normalized spacial score (nSPS) is 24.0. The fraction of sp³-hybridized carbons (Fsp3) is 0.588. The third kappa shape index (κ3) is 6.07. The maximum atomic E-state index is 13.8. The number of benzene rings is 1. The lowest BCUT2D eigenvalue weighted by Gasteiger charge is -2.35. The highest BCUT2D eigenvalue weighted by Crippen LogP contribution is 2.28. The summed E-state index contributed by atoms with van der Waals surface area (Å²) in [6.07, 6.45) is -2.52. The summed E-state index contributed by atoms with van der Waals surface area (Å²) >= 11 is 0. The van der Waals surface area contributed by atoms with Crippen LogP contribution in [0.4, 0.5) is 19.3 Å². The maximum absolute atomic E-state index is 13.8. The standard InChI is InChI=1S/C17H22F2N2O7S/c1-17(2,3)28-16(23)20-13-8-29(26,27)7-10(15(13)22)4-9-5-11(18)14(21(24)25)12(19)6-9/h5-6,10,13,15,22H,4,7-8H2,1-3H3,(H,20,23). The zero-order valence-corrected chi connectivity index (χ0v) is 16.8. The van der Waals surface area contributed by atoms with Crippen molar-refractivity contribution in [3.8, 4) is 0 Å². The molecule has 2 N–H and O–H groups in total. The molecule has 1 aliphatic heterocycles. The summed E-state index contributed by atoms with van der Waals surface area (Å²) in [7, 11) is -3.69. The number of rotatable bonds is 4. The monoisotopic (exact) mass is 436 g/mol. The van der Waals surface area contributed by atoms with Crippen molar-refractivity contribution in [3.05, 3.63) is 39.4 Å². The lowest BCUT2D eigenvalue weighted by atomic mass is 9.91. The molecule has 0 bridgehead atoms. The molecule has 12 heteroatoms. The first-order chi connectivity index (χ1) is 13.2. The van der Waals surface area contributed by atoms with Gasteiger partial charge >= 0.3 is 11.8 Å². The predicted octanol–water partition coefficient (Wildman–Crippen LogP) is 1.71. The second-order valence-corrected chi connectivity index (χ2v) is 10.1. The van der Waals surface area contributed by atoms with Gasteiger partial charge in [-0.2, -0.15) is 8.78 Å². The molecule has 162 valence electrons. The number of sulfone groups is 1. The highest BCUT2D eigenvalue weighted by Gasteiger charge is 2.41. The summed E-state index contributed by atoms with van der Waals surface area (Å²) in [6, 6.07) is 0.276. The molecule has 1 fully saturated rings. The molecule has 0 spiro atoms. The molecule has 29 heavy (non-hydrogen) atoms. The van der Waals surface area contributed by atoms with Crippen molar-refractivity contribution in [2.45, 2.75) is 44.9 Å². The van der Waals surface area contributed by atoms with Crippen LogP contribution >= 0.6 is 0 Å². The van der Waals surface area contributed by atoms with Crippen LogP contribution in [0.3, 0.4) is 0 Å². The third-order valence-electron chi connectivity index (χ3n) is 4.26. The van der Waals surface area contributed by atoms with Crippen LogP contribution in [0, 0.1) is 27.7 Å². The highest BCUT2D eigenvalue weighted by atomic mass is 32.2. The number of carbonyl (C=O) groups is 1. The number of nitro groups is 1. The fourth-order valence-corrected chi connectivity index (χ4v) is 5.10. The number of nitro benzene ring substituents is 1. The van der Waals surface area contributed by atoms with Gasteiger partial charge in [0.2, 0.25) is 11.6 Å². The molecular formula is C17H22F2N2O7S. The second kappa shape index (κ2) is 8.19. The Balaban J connectivity index is 2.22. The molecular weight excluding hydrogens is 414 g/mol. The van der Waals surface area contributed by atoms with E-state index in [1.54, 1.807) is 20.8 Å². The van der Waals surface area contributed by atoms with Crippen molar-refractivity contribution in [3.63, 3.8) is 0 Å². The van der Waals surface area contributed by atoms with E-state index in [4.69, 9.17) is 4.74 Å². The van der Waals surface area contributed by atoms with Crippen LogP contribution in [0.5, 0.6) is 0 Å². The highest BCUT2D eigenvalue weighted by molar-refractivity contribution is 7.91. The van der Waals surface area contributed by atoms with Crippen LogP contribution in [0.15, 0.2) is 12.1 Å². The summed E-state index contributed by atoms with van der Waals surface area (Å²) in [5.74, 6) is -4.79. The lowest BCUT2D eigenvalue weighted by Crippen LogP contribution is -2.56. The summed E-state index contributed by atoms with van der Waals surface area (Å²) in [5.41, 5.74) is -2.20. The summed E-state index contributed by atoms with van der Waals surface area (Å²) in [6.45, 7) is 4.84. The predicted molar refractivity (Wildman–Crippen MR) is 98.0 cm³/mol. The van der Waals surface area contributed by atoms with Crippen molar-refractivity contribution in [1.82, 2.24) is 5.32 Å². The molecule has 1 aliphatic rings. The summed E-state index contributed by atoms with van der Waals surface area (Å²) in [4.78, 5) is 21.4. The molecule has 1 amide bonds. The topological polar surface area (TPSA) is 136 Å². The number of halogens is 2. The minimum atomic E-state index is -3.69. The Hall–Kier alpha value is -2.34. The first kappa shape index (κ1) is 22.9. The maximum Gasteiger partial charge on any atom is 0.407 e. The number of aliphatic hydroxyl groups is 1. The zero-order chi connectivity index (χ0) is 22.1. The minimum absolute atomic E-state index is 0.0530. The molecule has 1 heterocycles. The molecule has 9 nitrogen and oxygen atoms in total. The van der Waals surface area contributed by atoms with Crippen LogP contribution in [-0.4, -0.2) is 53.8 Å². The first-order valence-corrected chi connectivity index (χ1v) is 10.5. The number of hydrogen-bond donors (Lipinski definition) is 2. The average Bonchev–Trinajstić information content (AvgIpc) is 2.48. The van der Waals surface area contributed by atoms with E-state index < -0.39 is 73.3 Å². The first-order valence-electron chi connectivity index (χ1n) is 8.69. The Morgan fingerprint density at radius 2 is 1.86 bits per heavy atom. The number of alkyl carbamates (subject to hydrolysis) is 1. The van der Waals surface area contributed by atoms with E-state index in [2.05, 4.69) is 5.32 Å². The van der Waals surface area contributed by atoms with Crippen LogP contribution in [0.25, 0.3) is 0 Å². The quantitative estimate of drug-likeness (QED) is 0.542. The molecule has 0 radical (unpaired) electrons. The van der Waals surface area contributed by atoms with Crippen LogP contribution < -0.4 is 5.32 Å². The van der Waals surface area contributed by atoms with E-state index in [0.717, 1.165) is 12.1 Å². The largest absolute Gasteiger partial charge is 0.444 e. The number of amides is 1. The van der Waals surface area contributed by atoms with Gasteiger partial charge in [-0.25, -0.2) is 13.2 Å². The van der Waals surface area contributed by atoms with Crippen molar-refractivity contribution in [2.24, 2.45) is 5.92 Å². The van der Waals surface area contributed by atoms with Gasteiger partial charge in [0.05, 0.1) is 28.6 Å². The third-order valence-corrected chi connectivity index (χ3v) is 6.06. The van der Waals surface area contributed by atoms with Gasteiger partial charge in [-0.05, 0) is 44.9 Å². The number of hydrogen-bond acceptors (Lipinski definition) is 7. The van der Waals surface area contributed by atoms with E-state index in [1.807, 2.05) is 0 Å². The minimum Gasteiger partial charge on any atom is -0.444 e. The Labute approximate surface area is 166 Å². The van der Waals surface area contributed by atoms with E-state index >= 15 is 0 Å². The van der Waals surface area contributed by atoms with Crippen molar-refractivity contribution in [1.29, 1.82) is 0 Å². The van der Waals surface area contributed by atoms with E-state index in [1.165, 1.54) is 0 Å². The molecule has 3 unspecified atom stereocenters. The fourth-order valence-electron chi connectivity index (χ4n) is 3.17. The Bertz CT molecular complexity index is 892. The van der Waals surface area contributed by atoms with Gasteiger partial charge in [0.1, 0.15) is 5.60 Å². The van der Waals surface area contributed by atoms with Gasteiger partial charge in [-0.1, -0.05) is 0 Å². The van der Waals surface area contributed by atoms with Gasteiger partial charge in [-0.3, -0.25) is 10.1 Å². The Morgan fingerprint density at radius 3 is 2.34 bits per heavy atom. The van der Waals surface area contributed by atoms with Crippen LogP contribution in [-0.2, 0) is 21.0 Å². The number of aliphatic hydroxyl groups excluding tert-OH is 1. The van der Waals surface area contributed by atoms with E-state index in [-0.39, 0.29) is 12.0 Å². The van der Waals surface area contributed by atoms with Crippen molar-refractivity contribution >= 4 is 21.6 Å². The van der Waals surface area contributed by atoms with Crippen LogP contribution in [0.2, 0.25) is 0 Å². The SMILES string of the molecule is CC(C)(C)OC(=O)NC1CS(=O)(=O)CC(Cc2cc(F)c([N+](=O)[O-])c(F)c2)C1O. The molecule has 0 aliphatic carbocycles. The van der Waals surface area contributed by atoms with Crippen LogP contribution in [0.1, 0.15) is 26.3 Å². The lowest BCUT2D eigenvalue weighted by molar-refractivity contribution is -0.390. The summed E-state index contributed by atoms with van der Waals surface area (Å²) in [5, 5.41) is 23.5. The van der Waals surface area contributed by atoms with E-state index in [9.17, 15) is 37.2 Å². The van der Waals surface area contributed by atoms with Gasteiger partial charge in [-0.15, -0.1) is 0 Å². The van der Waals surface area contributed by atoms with Gasteiger partial charge in [0.15, 0.2) is 9.84 Å². The van der Waals surface area contributed by atoms with Crippen molar-refractivity contribution < 1.29 is 36.8 Å². The number of nitrogens with one attached hydrogen (secondary N) is 1. The molecule has 1 aromatic rings. The number of carbonyl (C=O) groups excluding carboxylic acids is 1. The van der Waals surface area contributed by atoms with Gasteiger partial charge in [0, 0.05) is 5.92 Å². The Kier molecular flexibility index (Phi) is 6.48. The second-order valence-electron chi connectivity index (χ2n) is 7.95. The number of ether oxygens (including phenoxy) is 1. The molecule has 0 saturated carbocycles. The summed E-state index contributed by atoms with van der Waals surface area (Å²) < 4.78 is 57.2. The molecule has 3 atom stereocenters. The molecule has 2 rings (SSSR count). The van der Waals surface area contributed by atoms with Crippen molar-refractivity contribution in [2.75, 3.05) is 11.5 Å². The Morgan fingerprint density at radius 1 is 1.31 bits per heavy atom. The van der Waals surface area contributed by atoms with Gasteiger partial charge in [0.25, 0.3) is 0 Å². The molecule has 1 aromatic carbocycles. The number of nitrogens with zero attached hydrogens (tertiary/aromatic N) is 1. The van der Waals surface area contributed by atoms with E-state index in [0.29, 0.717) is 0 Å². The zero-order valence-electron chi connectivity index (χ0n) is 16.0. The molecule has 1 saturated heterocycles. The van der Waals surface area contributed by atoms with Gasteiger partial charge < -0.3 is 15.2 Å². The molecule has 0 aromatic heterocycles.